The molecule has 0 spiro atoms. The zero-order valence-corrected chi connectivity index (χ0v) is 15.1. The number of rotatable bonds is 4. The van der Waals surface area contributed by atoms with Gasteiger partial charge in [-0.15, -0.1) is 0 Å². The molecule has 1 aromatic carbocycles. The predicted octanol–water partition coefficient (Wildman–Crippen LogP) is 2.15. The minimum absolute atomic E-state index is 0.0696. The Labute approximate surface area is 148 Å². The van der Waals surface area contributed by atoms with Gasteiger partial charge in [-0.1, -0.05) is 51.1 Å². The van der Waals surface area contributed by atoms with Gasteiger partial charge in [0.15, 0.2) is 0 Å². The van der Waals surface area contributed by atoms with Crippen LogP contribution in [0.5, 0.6) is 0 Å². The first-order valence-electron chi connectivity index (χ1n) is 8.84. The average molecular weight is 345 g/mol. The number of hydrogen-bond acceptors (Lipinski definition) is 3. The molecule has 0 unspecified atom stereocenters. The Bertz CT molecular complexity index is 641. The number of fused-ring (bicyclic) bond motifs is 2. The van der Waals surface area contributed by atoms with Crippen molar-refractivity contribution in [1.82, 2.24) is 15.1 Å². The van der Waals surface area contributed by atoms with Gasteiger partial charge in [0.05, 0.1) is 0 Å². The SMILES string of the molecule is CC(C)(C)[C@@H](C(=O)N1C[C@@H]2C[C@H]1CN2)N(Cc1ccccc1)C(=O)O. The number of carbonyl (C=O) groups excluding carboxylic acids is 1. The molecule has 0 radical (unpaired) electrons. The zero-order valence-electron chi connectivity index (χ0n) is 15.1. The van der Waals surface area contributed by atoms with Crippen LogP contribution in [0.25, 0.3) is 0 Å². The predicted molar refractivity (Wildman–Crippen MR) is 95.2 cm³/mol. The van der Waals surface area contributed by atoms with Crippen molar-refractivity contribution in [3.05, 3.63) is 35.9 Å². The van der Waals surface area contributed by atoms with Crippen LogP contribution in [0.2, 0.25) is 0 Å². The van der Waals surface area contributed by atoms with Crippen molar-refractivity contribution >= 4 is 12.0 Å². The summed E-state index contributed by atoms with van der Waals surface area (Å²) < 4.78 is 0. The molecule has 2 aliphatic rings. The van der Waals surface area contributed by atoms with Crippen LogP contribution in [-0.2, 0) is 11.3 Å². The highest BCUT2D eigenvalue weighted by Gasteiger charge is 2.47. The van der Waals surface area contributed by atoms with E-state index in [-0.39, 0.29) is 18.5 Å². The summed E-state index contributed by atoms with van der Waals surface area (Å²) in [4.78, 5) is 28.5. The van der Waals surface area contributed by atoms with Gasteiger partial charge in [0.25, 0.3) is 0 Å². The number of benzene rings is 1. The van der Waals surface area contributed by atoms with E-state index in [0.717, 1.165) is 18.5 Å². The number of carbonyl (C=O) groups is 2. The van der Waals surface area contributed by atoms with Crippen molar-refractivity contribution < 1.29 is 14.7 Å². The lowest BCUT2D eigenvalue weighted by atomic mass is 9.84. The van der Waals surface area contributed by atoms with Crippen LogP contribution in [0.4, 0.5) is 4.79 Å². The number of nitrogens with zero attached hydrogens (tertiary/aromatic N) is 2. The fourth-order valence-corrected chi connectivity index (χ4v) is 4.01. The minimum atomic E-state index is -1.06. The zero-order chi connectivity index (χ0) is 18.2. The van der Waals surface area contributed by atoms with Crippen LogP contribution in [-0.4, -0.2) is 58.1 Å². The van der Waals surface area contributed by atoms with E-state index in [0.29, 0.717) is 12.6 Å². The number of amides is 2. The van der Waals surface area contributed by atoms with Crippen LogP contribution in [0.1, 0.15) is 32.8 Å². The molecule has 2 heterocycles. The minimum Gasteiger partial charge on any atom is -0.465 e. The van der Waals surface area contributed by atoms with Crippen LogP contribution in [0.3, 0.4) is 0 Å². The first-order valence-corrected chi connectivity index (χ1v) is 8.84. The van der Waals surface area contributed by atoms with Crippen LogP contribution in [0, 0.1) is 5.41 Å². The van der Waals surface area contributed by atoms with Crippen LogP contribution in [0.15, 0.2) is 30.3 Å². The molecule has 2 N–H and O–H groups in total. The van der Waals surface area contributed by atoms with Gasteiger partial charge < -0.3 is 15.3 Å². The van der Waals surface area contributed by atoms with E-state index in [1.807, 2.05) is 56.0 Å². The number of carboxylic acid groups (broad SMARTS) is 1. The maximum absolute atomic E-state index is 13.3. The third-order valence-corrected chi connectivity index (χ3v) is 5.15. The lowest BCUT2D eigenvalue weighted by Gasteiger charge is -2.41. The summed E-state index contributed by atoms with van der Waals surface area (Å²) in [6, 6.07) is 9.28. The lowest BCUT2D eigenvalue weighted by molar-refractivity contribution is -0.142. The van der Waals surface area contributed by atoms with Gasteiger partial charge in [-0.3, -0.25) is 9.69 Å². The highest BCUT2D eigenvalue weighted by atomic mass is 16.4. The van der Waals surface area contributed by atoms with Gasteiger partial charge in [0.2, 0.25) is 5.91 Å². The molecule has 1 aromatic rings. The molecule has 0 saturated carbocycles. The van der Waals surface area contributed by atoms with E-state index >= 15 is 0 Å². The summed E-state index contributed by atoms with van der Waals surface area (Å²) in [5, 5.41) is 13.2. The summed E-state index contributed by atoms with van der Waals surface area (Å²) >= 11 is 0. The smallest absolute Gasteiger partial charge is 0.408 e. The molecule has 2 fully saturated rings. The molecule has 2 aliphatic heterocycles. The highest BCUT2D eigenvalue weighted by Crippen LogP contribution is 2.32. The van der Waals surface area contributed by atoms with Gasteiger partial charge in [0.1, 0.15) is 6.04 Å². The summed E-state index contributed by atoms with van der Waals surface area (Å²) in [6.07, 6.45) is -0.0893. The maximum Gasteiger partial charge on any atom is 0.408 e. The van der Waals surface area contributed by atoms with Crippen molar-refractivity contribution in [2.45, 2.75) is 51.9 Å². The maximum atomic E-state index is 13.3. The van der Waals surface area contributed by atoms with Crippen molar-refractivity contribution in [3.63, 3.8) is 0 Å². The van der Waals surface area contributed by atoms with Gasteiger partial charge in [0, 0.05) is 31.7 Å². The largest absolute Gasteiger partial charge is 0.465 e. The van der Waals surface area contributed by atoms with Gasteiger partial charge in [-0.2, -0.15) is 0 Å². The molecule has 2 amide bonds. The molecule has 25 heavy (non-hydrogen) atoms. The number of piperazine rings is 1. The standard InChI is InChI=1S/C19H27N3O3/c1-19(2,3)16(17(23)21-12-14-9-15(21)10-20-14)22(18(24)25)11-13-7-5-4-6-8-13/h4-8,14-16,20H,9-12H2,1-3H3,(H,24,25)/t14-,15-,16+/m0/s1. The average Bonchev–Trinajstić information content (AvgIpc) is 3.16. The van der Waals surface area contributed by atoms with E-state index in [2.05, 4.69) is 5.32 Å². The Kier molecular flexibility index (Phi) is 4.73. The molecule has 0 aromatic heterocycles. The van der Waals surface area contributed by atoms with Crippen molar-refractivity contribution in [2.75, 3.05) is 13.1 Å². The van der Waals surface area contributed by atoms with Gasteiger partial charge >= 0.3 is 6.09 Å². The van der Waals surface area contributed by atoms with Crippen LogP contribution >= 0.6 is 0 Å². The normalized spacial score (nSPS) is 23.6. The van der Waals surface area contributed by atoms with Crippen molar-refractivity contribution in [1.29, 1.82) is 0 Å². The summed E-state index contributed by atoms with van der Waals surface area (Å²) in [6.45, 7) is 7.49. The Hall–Kier alpha value is -2.08. The van der Waals surface area contributed by atoms with Crippen molar-refractivity contribution in [3.8, 4) is 0 Å². The topological polar surface area (TPSA) is 72.9 Å². The Balaban J connectivity index is 1.87. The van der Waals surface area contributed by atoms with E-state index in [1.165, 1.54) is 4.90 Å². The fourth-order valence-electron chi connectivity index (χ4n) is 4.01. The van der Waals surface area contributed by atoms with Crippen molar-refractivity contribution in [2.24, 2.45) is 5.41 Å². The monoisotopic (exact) mass is 345 g/mol. The molecule has 0 aliphatic carbocycles. The summed E-state index contributed by atoms with van der Waals surface area (Å²) in [5.41, 5.74) is 0.399. The third kappa shape index (κ3) is 3.63. The van der Waals surface area contributed by atoms with Gasteiger partial charge in [-0.05, 0) is 17.4 Å². The highest BCUT2D eigenvalue weighted by molar-refractivity contribution is 5.87. The van der Waals surface area contributed by atoms with E-state index < -0.39 is 17.6 Å². The second-order valence-corrected chi connectivity index (χ2v) is 8.15. The van der Waals surface area contributed by atoms with E-state index in [4.69, 9.17) is 0 Å². The number of nitrogens with one attached hydrogen (secondary N) is 1. The molecule has 6 heteroatoms. The van der Waals surface area contributed by atoms with Crippen LogP contribution < -0.4 is 5.32 Å². The molecule has 136 valence electrons. The van der Waals surface area contributed by atoms with E-state index in [9.17, 15) is 14.7 Å². The van der Waals surface area contributed by atoms with Gasteiger partial charge in [-0.25, -0.2) is 4.79 Å². The Morgan fingerprint density at radius 1 is 1.32 bits per heavy atom. The number of likely N-dealkylation sites (tertiary alicyclic amines) is 1. The second-order valence-electron chi connectivity index (χ2n) is 8.15. The molecule has 2 bridgehead atoms. The quantitative estimate of drug-likeness (QED) is 0.877. The first-order chi connectivity index (χ1) is 11.8. The second kappa shape index (κ2) is 6.67. The molecule has 6 nitrogen and oxygen atoms in total. The molecular weight excluding hydrogens is 318 g/mol. The molecule has 3 atom stereocenters. The molecule has 3 rings (SSSR count). The lowest BCUT2D eigenvalue weighted by Crippen LogP contribution is -2.59. The number of hydrogen-bond donors (Lipinski definition) is 2. The summed E-state index contributed by atoms with van der Waals surface area (Å²) in [7, 11) is 0. The first kappa shape index (κ1) is 17.7. The fraction of sp³-hybridized carbons (Fsp3) is 0.579. The molecule has 2 saturated heterocycles. The Morgan fingerprint density at radius 3 is 2.48 bits per heavy atom. The third-order valence-electron chi connectivity index (χ3n) is 5.15. The van der Waals surface area contributed by atoms with E-state index in [1.54, 1.807) is 0 Å². The summed E-state index contributed by atoms with van der Waals surface area (Å²) in [5.74, 6) is -0.0696. The molecular formula is C19H27N3O3. The Morgan fingerprint density at radius 2 is 2.00 bits per heavy atom.